The number of aliphatic carboxylic acids is 1. The van der Waals surface area contributed by atoms with E-state index in [1.165, 1.54) is 0 Å². The first kappa shape index (κ1) is 17.2. The largest absolute Gasteiger partial charge is 0.481 e. The number of hydrogen-bond donors (Lipinski definition) is 2. The summed E-state index contributed by atoms with van der Waals surface area (Å²) in [6, 6.07) is 7.70. The Balaban J connectivity index is 1.59. The van der Waals surface area contributed by atoms with Crippen LogP contribution in [-0.4, -0.2) is 29.3 Å². The molecular weight excluding hydrogens is 322 g/mol. The van der Waals surface area contributed by atoms with E-state index in [0.717, 1.165) is 22.1 Å². The van der Waals surface area contributed by atoms with Gasteiger partial charge in [-0.15, -0.1) is 11.8 Å². The Labute approximate surface area is 139 Å². The summed E-state index contributed by atoms with van der Waals surface area (Å²) in [4.78, 5) is 24.0. The molecule has 0 aliphatic heterocycles. The third-order valence-electron chi connectivity index (χ3n) is 3.86. The highest BCUT2D eigenvalue weighted by molar-refractivity contribution is 7.99. The number of halogens is 1. The lowest BCUT2D eigenvalue weighted by atomic mass is 10.0. The molecule has 2 atom stereocenters. The number of thioether (sulfide) groups is 1. The molecule has 1 saturated carbocycles. The summed E-state index contributed by atoms with van der Waals surface area (Å²) in [5.41, 5.74) is 0. The molecule has 6 heteroatoms. The zero-order valence-corrected chi connectivity index (χ0v) is 13.8. The molecule has 1 fully saturated rings. The van der Waals surface area contributed by atoms with Crippen LogP contribution < -0.4 is 5.32 Å². The molecule has 0 unspecified atom stereocenters. The van der Waals surface area contributed by atoms with E-state index in [0.29, 0.717) is 25.8 Å². The second-order valence-corrected chi connectivity index (χ2v) is 7.10. The average molecular weight is 342 g/mol. The minimum Gasteiger partial charge on any atom is -0.481 e. The van der Waals surface area contributed by atoms with Gasteiger partial charge in [-0.1, -0.05) is 11.6 Å². The van der Waals surface area contributed by atoms with Gasteiger partial charge in [-0.2, -0.15) is 0 Å². The highest BCUT2D eigenvalue weighted by Crippen LogP contribution is 2.31. The molecule has 0 heterocycles. The summed E-state index contributed by atoms with van der Waals surface area (Å²) in [7, 11) is 0. The molecule has 1 aliphatic carbocycles. The normalized spacial score (nSPS) is 20.8. The lowest BCUT2D eigenvalue weighted by Crippen LogP contribution is -2.30. The number of amides is 1. The predicted molar refractivity (Wildman–Crippen MR) is 88.3 cm³/mol. The Kier molecular flexibility index (Phi) is 6.58. The third-order valence-corrected chi connectivity index (χ3v) is 5.21. The van der Waals surface area contributed by atoms with Crippen molar-refractivity contribution in [1.82, 2.24) is 5.32 Å². The Bertz CT molecular complexity index is 521. The van der Waals surface area contributed by atoms with Crippen molar-refractivity contribution in [2.24, 2.45) is 11.8 Å². The topological polar surface area (TPSA) is 66.4 Å². The summed E-state index contributed by atoms with van der Waals surface area (Å²) in [5, 5.41) is 12.6. The first-order valence-electron chi connectivity index (χ1n) is 7.45. The molecule has 22 heavy (non-hydrogen) atoms. The van der Waals surface area contributed by atoms with Crippen LogP contribution in [0.15, 0.2) is 29.2 Å². The van der Waals surface area contributed by atoms with Gasteiger partial charge in [0.05, 0.1) is 5.92 Å². The molecule has 0 radical (unpaired) electrons. The van der Waals surface area contributed by atoms with Gasteiger partial charge in [0.2, 0.25) is 5.91 Å². The molecule has 4 nitrogen and oxygen atoms in total. The zero-order chi connectivity index (χ0) is 15.9. The number of rotatable bonds is 7. The standard InChI is InChI=1S/C16H20ClNO3S/c17-13-4-6-14(7-5-13)22-9-1-8-18-15(19)11-2-3-12(10-11)16(20)21/h4-7,11-12H,1-3,8-10H2,(H,18,19)(H,20,21)/t11-,12+/m0/s1. The fraction of sp³-hybridized carbons (Fsp3) is 0.500. The Morgan fingerprint density at radius 3 is 2.55 bits per heavy atom. The molecule has 2 rings (SSSR count). The van der Waals surface area contributed by atoms with Crippen molar-refractivity contribution in [3.05, 3.63) is 29.3 Å². The van der Waals surface area contributed by atoms with Crippen LogP contribution in [0.1, 0.15) is 25.7 Å². The lowest BCUT2D eigenvalue weighted by Gasteiger charge is -2.10. The molecule has 0 bridgehead atoms. The SMILES string of the molecule is O=C(O)[C@@H]1CC[C@H](C(=O)NCCCSc2ccc(Cl)cc2)C1. The summed E-state index contributed by atoms with van der Waals surface area (Å²) in [5.74, 6) is -0.347. The highest BCUT2D eigenvalue weighted by Gasteiger charge is 2.33. The van der Waals surface area contributed by atoms with Crippen LogP contribution >= 0.6 is 23.4 Å². The molecule has 0 spiro atoms. The quantitative estimate of drug-likeness (QED) is 0.589. The molecule has 2 N–H and O–H groups in total. The second kappa shape index (κ2) is 8.44. The zero-order valence-electron chi connectivity index (χ0n) is 12.3. The van der Waals surface area contributed by atoms with E-state index in [1.807, 2.05) is 24.3 Å². The first-order valence-corrected chi connectivity index (χ1v) is 8.81. The van der Waals surface area contributed by atoms with E-state index in [2.05, 4.69) is 5.32 Å². The number of carbonyl (C=O) groups is 2. The molecule has 120 valence electrons. The lowest BCUT2D eigenvalue weighted by molar-refractivity contribution is -0.141. The molecule has 1 aromatic carbocycles. The van der Waals surface area contributed by atoms with Gasteiger partial charge in [-0.05, 0) is 55.7 Å². The highest BCUT2D eigenvalue weighted by atomic mass is 35.5. The monoisotopic (exact) mass is 341 g/mol. The Morgan fingerprint density at radius 2 is 1.91 bits per heavy atom. The first-order chi connectivity index (χ1) is 10.6. The van der Waals surface area contributed by atoms with Crippen LogP contribution in [0.5, 0.6) is 0 Å². The fourth-order valence-electron chi connectivity index (χ4n) is 2.59. The van der Waals surface area contributed by atoms with Crippen molar-refractivity contribution in [1.29, 1.82) is 0 Å². The van der Waals surface area contributed by atoms with E-state index in [9.17, 15) is 9.59 Å². The molecule has 1 aromatic rings. The van der Waals surface area contributed by atoms with Crippen LogP contribution in [0.25, 0.3) is 0 Å². The van der Waals surface area contributed by atoms with E-state index in [1.54, 1.807) is 11.8 Å². The van der Waals surface area contributed by atoms with Gasteiger partial charge in [-0.3, -0.25) is 9.59 Å². The van der Waals surface area contributed by atoms with Crippen molar-refractivity contribution in [2.75, 3.05) is 12.3 Å². The van der Waals surface area contributed by atoms with Crippen LogP contribution in [0.2, 0.25) is 5.02 Å². The number of benzene rings is 1. The van der Waals surface area contributed by atoms with Crippen molar-refractivity contribution in [3.8, 4) is 0 Å². The Morgan fingerprint density at radius 1 is 1.23 bits per heavy atom. The predicted octanol–water partition coefficient (Wildman–Crippen LogP) is 3.44. The maximum atomic E-state index is 12.0. The third kappa shape index (κ3) is 5.21. The van der Waals surface area contributed by atoms with E-state index in [-0.39, 0.29) is 17.7 Å². The number of carbonyl (C=O) groups excluding carboxylic acids is 1. The second-order valence-electron chi connectivity index (χ2n) is 5.49. The number of carboxylic acid groups (broad SMARTS) is 1. The minimum atomic E-state index is -0.783. The smallest absolute Gasteiger partial charge is 0.306 e. The van der Waals surface area contributed by atoms with Crippen LogP contribution in [0, 0.1) is 11.8 Å². The molecule has 0 aromatic heterocycles. The van der Waals surface area contributed by atoms with Gasteiger partial charge in [0.25, 0.3) is 0 Å². The molecule has 1 aliphatic rings. The van der Waals surface area contributed by atoms with Gasteiger partial charge in [0.1, 0.15) is 0 Å². The summed E-state index contributed by atoms with van der Waals surface area (Å²) in [6.45, 7) is 0.633. The molecular formula is C16H20ClNO3S. The van der Waals surface area contributed by atoms with Crippen LogP contribution in [0.3, 0.4) is 0 Å². The number of nitrogens with one attached hydrogen (secondary N) is 1. The van der Waals surface area contributed by atoms with Crippen molar-refractivity contribution < 1.29 is 14.7 Å². The van der Waals surface area contributed by atoms with Gasteiger partial charge in [-0.25, -0.2) is 0 Å². The minimum absolute atomic E-state index is 0.000225. The number of carboxylic acids is 1. The summed E-state index contributed by atoms with van der Waals surface area (Å²) < 4.78 is 0. The molecule has 0 saturated heterocycles. The van der Waals surface area contributed by atoms with E-state index < -0.39 is 5.97 Å². The molecule has 1 amide bonds. The van der Waals surface area contributed by atoms with E-state index in [4.69, 9.17) is 16.7 Å². The summed E-state index contributed by atoms with van der Waals surface area (Å²) >= 11 is 7.56. The fourth-order valence-corrected chi connectivity index (χ4v) is 3.57. The maximum Gasteiger partial charge on any atom is 0.306 e. The summed E-state index contributed by atoms with van der Waals surface area (Å²) in [6.07, 6.45) is 2.65. The number of hydrogen-bond acceptors (Lipinski definition) is 3. The maximum absolute atomic E-state index is 12.0. The van der Waals surface area contributed by atoms with Crippen molar-refractivity contribution in [3.63, 3.8) is 0 Å². The van der Waals surface area contributed by atoms with Gasteiger partial charge in [0, 0.05) is 22.4 Å². The van der Waals surface area contributed by atoms with Gasteiger partial charge >= 0.3 is 5.97 Å². The van der Waals surface area contributed by atoms with Crippen molar-refractivity contribution >= 4 is 35.2 Å². The average Bonchev–Trinajstić information content (AvgIpc) is 2.99. The van der Waals surface area contributed by atoms with Gasteiger partial charge in [0.15, 0.2) is 0 Å². The van der Waals surface area contributed by atoms with Crippen LogP contribution in [-0.2, 0) is 9.59 Å². The van der Waals surface area contributed by atoms with Crippen LogP contribution in [0.4, 0.5) is 0 Å². The Hall–Kier alpha value is -1.20. The van der Waals surface area contributed by atoms with Gasteiger partial charge < -0.3 is 10.4 Å². The van der Waals surface area contributed by atoms with Crippen molar-refractivity contribution in [2.45, 2.75) is 30.6 Å². The van der Waals surface area contributed by atoms with E-state index >= 15 is 0 Å².